The molecule has 0 unspecified atom stereocenters. The molecule has 4 aromatic rings. The quantitative estimate of drug-likeness (QED) is 0.299. The summed E-state index contributed by atoms with van der Waals surface area (Å²) in [5.74, 6) is 0. The molecule has 0 radical (unpaired) electrons. The van der Waals surface area contributed by atoms with Gasteiger partial charge in [-0.1, -0.05) is 109 Å². The summed E-state index contributed by atoms with van der Waals surface area (Å²) in [6.07, 6.45) is 6.86. The van der Waals surface area contributed by atoms with Gasteiger partial charge in [0.25, 0.3) is 0 Å². The molecule has 1 aromatic heterocycles. The summed E-state index contributed by atoms with van der Waals surface area (Å²) >= 11 is 6.51. The molecule has 32 heavy (non-hydrogen) atoms. The maximum absolute atomic E-state index is 6.51. The summed E-state index contributed by atoms with van der Waals surface area (Å²) in [4.78, 5) is 0. The van der Waals surface area contributed by atoms with Crippen LogP contribution in [0.3, 0.4) is 0 Å². The van der Waals surface area contributed by atoms with Crippen molar-refractivity contribution in [1.29, 1.82) is 0 Å². The summed E-state index contributed by atoms with van der Waals surface area (Å²) in [5, 5.41) is 0.689. The van der Waals surface area contributed by atoms with Gasteiger partial charge in [0.2, 0.25) is 0 Å². The van der Waals surface area contributed by atoms with Crippen LogP contribution in [0.4, 0.5) is 0 Å². The van der Waals surface area contributed by atoms with E-state index in [9.17, 15) is 0 Å². The van der Waals surface area contributed by atoms with Gasteiger partial charge in [0, 0.05) is 23.2 Å². The van der Waals surface area contributed by atoms with Crippen LogP contribution in [-0.2, 0) is 13.5 Å². The molecule has 0 saturated heterocycles. The predicted molar refractivity (Wildman–Crippen MR) is 138 cm³/mol. The van der Waals surface area contributed by atoms with Crippen molar-refractivity contribution >= 4 is 17.2 Å². The van der Waals surface area contributed by atoms with E-state index in [0.717, 1.165) is 17.6 Å². The molecular formula is C30H24ClN. The highest BCUT2D eigenvalue weighted by Crippen LogP contribution is 2.45. The third-order valence-electron chi connectivity index (χ3n) is 6.04. The molecule has 0 spiro atoms. The van der Waals surface area contributed by atoms with E-state index in [4.69, 9.17) is 11.6 Å². The topological polar surface area (TPSA) is 4.93 Å². The maximum Gasteiger partial charge on any atom is 0.0565 e. The van der Waals surface area contributed by atoms with E-state index in [-0.39, 0.29) is 0 Å². The molecule has 1 aliphatic carbocycles. The lowest BCUT2D eigenvalue weighted by Gasteiger charge is -2.15. The van der Waals surface area contributed by atoms with Gasteiger partial charge >= 0.3 is 0 Å². The van der Waals surface area contributed by atoms with E-state index < -0.39 is 0 Å². The van der Waals surface area contributed by atoms with Gasteiger partial charge < -0.3 is 4.57 Å². The fourth-order valence-electron chi connectivity index (χ4n) is 4.69. The fraction of sp³-hybridized carbons (Fsp3) is 0.0667. The van der Waals surface area contributed by atoms with E-state index in [1.807, 2.05) is 12.2 Å². The normalized spacial score (nSPS) is 15.9. The van der Waals surface area contributed by atoms with Crippen LogP contribution in [0, 0.1) is 0 Å². The van der Waals surface area contributed by atoms with Gasteiger partial charge in [0.15, 0.2) is 0 Å². The predicted octanol–water partition coefficient (Wildman–Crippen LogP) is 8.27. The van der Waals surface area contributed by atoms with Crippen molar-refractivity contribution in [1.82, 2.24) is 4.57 Å². The third kappa shape index (κ3) is 3.55. The summed E-state index contributed by atoms with van der Waals surface area (Å²) < 4.78 is 2.35. The van der Waals surface area contributed by atoms with Crippen LogP contribution in [0.5, 0.6) is 0 Å². The van der Waals surface area contributed by atoms with Crippen LogP contribution in [-0.4, -0.2) is 4.57 Å². The first kappa shape index (κ1) is 20.4. The zero-order valence-electron chi connectivity index (χ0n) is 18.1. The molecule has 5 rings (SSSR count). The number of hydrogen-bond donors (Lipinski definition) is 0. The number of nitrogens with zero attached hydrogens (tertiary/aromatic N) is 1. The first-order valence-corrected chi connectivity index (χ1v) is 11.2. The Bertz CT molecular complexity index is 1350. The lowest BCUT2D eigenvalue weighted by atomic mass is 9.91. The molecule has 0 saturated carbocycles. The van der Waals surface area contributed by atoms with Crippen molar-refractivity contribution < 1.29 is 0 Å². The van der Waals surface area contributed by atoms with Crippen LogP contribution >= 0.6 is 11.6 Å². The number of fused-ring (bicyclic) bond motifs is 3. The van der Waals surface area contributed by atoms with Crippen LogP contribution in [0.15, 0.2) is 115 Å². The number of halogens is 1. The molecule has 0 amide bonds. The van der Waals surface area contributed by atoms with E-state index in [1.165, 1.54) is 39.2 Å². The van der Waals surface area contributed by atoms with Gasteiger partial charge in [-0.2, -0.15) is 0 Å². The Kier molecular flexibility index (Phi) is 5.43. The van der Waals surface area contributed by atoms with Gasteiger partial charge in [-0.25, -0.2) is 0 Å². The molecule has 0 aliphatic heterocycles. The molecular weight excluding hydrogens is 410 g/mol. The minimum absolute atomic E-state index is 0.689. The van der Waals surface area contributed by atoms with E-state index in [0.29, 0.717) is 5.03 Å². The monoisotopic (exact) mass is 433 g/mol. The zero-order valence-corrected chi connectivity index (χ0v) is 18.8. The molecule has 1 aliphatic rings. The fourth-order valence-corrected chi connectivity index (χ4v) is 4.91. The molecule has 0 atom stereocenters. The van der Waals surface area contributed by atoms with Crippen LogP contribution in [0.25, 0.3) is 39.2 Å². The number of rotatable bonds is 2. The van der Waals surface area contributed by atoms with Crippen LogP contribution in [0.2, 0.25) is 0 Å². The number of benzene rings is 3. The summed E-state index contributed by atoms with van der Waals surface area (Å²) in [7, 11) is 2.17. The van der Waals surface area contributed by atoms with Crippen LogP contribution in [0.1, 0.15) is 11.1 Å². The Morgan fingerprint density at radius 3 is 2.03 bits per heavy atom. The molecule has 0 N–H and O–H groups in total. The second-order valence-electron chi connectivity index (χ2n) is 8.05. The standard InChI is InChI=1S/C30H24ClN/c1-21-20-24(31)16-11-19-27-28(22-12-5-3-6-13-22)29(23-14-7-4-8-15-23)32(2)30(27)26-18-10-9-17-25(21)26/h3-18,20H,1,19H2,2H3/b16-11-,24-20+. The minimum Gasteiger partial charge on any atom is -0.343 e. The average molecular weight is 434 g/mol. The molecule has 1 heterocycles. The first-order valence-electron chi connectivity index (χ1n) is 10.8. The Morgan fingerprint density at radius 2 is 1.34 bits per heavy atom. The molecule has 0 bridgehead atoms. The highest BCUT2D eigenvalue weighted by atomic mass is 35.5. The lowest BCUT2D eigenvalue weighted by molar-refractivity contribution is 0.940. The van der Waals surface area contributed by atoms with Gasteiger partial charge in [0.1, 0.15) is 0 Å². The largest absolute Gasteiger partial charge is 0.343 e. The number of allylic oxidation sites excluding steroid dienone is 5. The average Bonchev–Trinajstić information content (AvgIpc) is 3.11. The van der Waals surface area contributed by atoms with Crippen molar-refractivity contribution in [2.45, 2.75) is 6.42 Å². The third-order valence-corrected chi connectivity index (χ3v) is 6.28. The Morgan fingerprint density at radius 1 is 0.750 bits per heavy atom. The molecule has 3 aromatic carbocycles. The molecule has 2 heteroatoms. The maximum atomic E-state index is 6.51. The van der Waals surface area contributed by atoms with Gasteiger partial charge in [-0.15, -0.1) is 0 Å². The highest BCUT2D eigenvalue weighted by Gasteiger charge is 2.25. The smallest absolute Gasteiger partial charge is 0.0565 e. The molecule has 156 valence electrons. The Balaban J connectivity index is 1.92. The van der Waals surface area contributed by atoms with Crippen LogP contribution < -0.4 is 0 Å². The van der Waals surface area contributed by atoms with Gasteiger partial charge in [-0.3, -0.25) is 0 Å². The molecule has 1 nitrogen and oxygen atoms in total. The zero-order chi connectivity index (χ0) is 22.1. The van der Waals surface area contributed by atoms with Crippen molar-refractivity contribution in [3.8, 4) is 33.6 Å². The summed E-state index contributed by atoms with van der Waals surface area (Å²) in [5.41, 5.74) is 10.6. The number of hydrogen-bond acceptors (Lipinski definition) is 0. The second-order valence-corrected chi connectivity index (χ2v) is 8.48. The number of aromatic nitrogens is 1. The SMILES string of the molecule is C=C1/C=C(Cl)\C=C/Cc2c(-c3ccccc3)c(-c3ccccc3)n(C)c2-c2ccccc21. The van der Waals surface area contributed by atoms with Crippen molar-refractivity contribution in [2.75, 3.05) is 0 Å². The van der Waals surface area contributed by atoms with Crippen molar-refractivity contribution in [3.63, 3.8) is 0 Å². The second kappa shape index (κ2) is 8.53. The lowest BCUT2D eigenvalue weighted by Crippen LogP contribution is -1.99. The van der Waals surface area contributed by atoms with Gasteiger partial charge in [0.05, 0.1) is 11.4 Å². The summed E-state index contributed by atoms with van der Waals surface area (Å²) in [6.45, 7) is 4.32. The Labute approximate surface area is 194 Å². The first-order chi connectivity index (χ1) is 15.6. The van der Waals surface area contributed by atoms with Gasteiger partial charge in [-0.05, 0) is 46.4 Å². The minimum atomic E-state index is 0.689. The molecule has 0 fully saturated rings. The van der Waals surface area contributed by atoms with Crippen molar-refractivity contribution in [2.24, 2.45) is 7.05 Å². The van der Waals surface area contributed by atoms with E-state index in [1.54, 1.807) is 0 Å². The van der Waals surface area contributed by atoms with Crippen molar-refractivity contribution in [3.05, 3.63) is 126 Å². The Hall–Kier alpha value is -3.55. The van der Waals surface area contributed by atoms with E-state index in [2.05, 4.69) is 109 Å². The van der Waals surface area contributed by atoms with E-state index >= 15 is 0 Å². The highest BCUT2D eigenvalue weighted by molar-refractivity contribution is 6.32. The summed E-state index contributed by atoms with van der Waals surface area (Å²) in [6, 6.07) is 29.8.